The van der Waals surface area contributed by atoms with Crippen LogP contribution in [0.15, 0.2) is 34.7 Å². The van der Waals surface area contributed by atoms with Crippen molar-refractivity contribution >= 4 is 43.9 Å². The van der Waals surface area contributed by atoms with Gasteiger partial charge < -0.3 is 5.73 Å². The van der Waals surface area contributed by atoms with Crippen molar-refractivity contribution in [1.29, 1.82) is 0 Å². The summed E-state index contributed by atoms with van der Waals surface area (Å²) in [4.78, 5) is 0.950. The molecule has 1 aromatic heterocycles. The summed E-state index contributed by atoms with van der Waals surface area (Å²) in [5.41, 5.74) is 7.79. The molecule has 19 heavy (non-hydrogen) atoms. The first-order valence-electron chi connectivity index (χ1n) is 5.30. The number of anilines is 2. The van der Waals surface area contributed by atoms with Gasteiger partial charge in [-0.1, -0.05) is 17.4 Å². The van der Waals surface area contributed by atoms with Crippen LogP contribution in [0.25, 0.3) is 0 Å². The SMILES string of the molecule is Nc1cccc(SCCS(=O)(=O)Nc2nncs2)c1. The van der Waals surface area contributed by atoms with Crippen LogP contribution < -0.4 is 10.5 Å². The number of hydrogen-bond acceptors (Lipinski definition) is 7. The molecule has 0 radical (unpaired) electrons. The Bertz CT molecular complexity index is 628. The largest absolute Gasteiger partial charge is 0.399 e. The Hall–Kier alpha value is -1.32. The number of sulfonamides is 1. The maximum Gasteiger partial charge on any atom is 0.235 e. The van der Waals surface area contributed by atoms with Gasteiger partial charge >= 0.3 is 0 Å². The second-order valence-corrected chi connectivity index (χ2v) is 7.43. The Morgan fingerprint density at radius 3 is 2.95 bits per heavy atom. The van der Waals surface area contributed by atoms with Crippen molar-refractivity contribution in [1.82, 2.24) is 10.2 Å². The quantitative estimate of drug-likeness (QED) is 0.621. The fourth-order valence-electron chi connectivity index (χ4n) is 1.28. The average Bonchev–Trinajstić information content (AvgIpc) is 2.80. The summed E-state index contributed by atoms with van der Waals surface area (Å²) >= 11 is 2.59. The molecule has 0 aliphatic heterocycles. The first-order valence-corrected chi connectivity index (χ1v) is 8.82. The molecule has 1 heterocycles. The van der Waals surface area contributed by atoms with E-state index in [1.165, 1.54) is 17.3 Å². The highest BCUT2D eigenvalue weighted by molar-refractivity contribution is 8.01. The van der Waals surface area contributed by atoms with Crippen molar-refractivity contribution in [2.45, 2.75) is 4.90 Å². The zero-order valence-electron chi connectivity index (χ0n) is 9.81. The molecule has 0 unspecified atom stereocenters. The maximum atomic E-state index is 11.7. The molecule has 1 aromatic carbocycles. The zero-order chi connectivity index (χ0) is 13.7. The van der Waals surface area contributed by atoms with Crippen LogP contribution in [0.4, 0.5) is 10.8 Å². The topological polar surface area (TPSA) is 98.0 Å². The van der Waals surface area contributed by atoms with Gasteiger partial charge in [0, 0.05) is 16.3 Å². The number of rotatable bonds is 6. The zero-order valence-corrected chi connectivity index (χ0v) is 12.3. The van der Waals surface area contributed by atoms with Gasteiger partial charge in [0.05, 0.1) is 5.75 Å². The number of benzene rings is 1. The summed E-state index contributed by atoms with van der Waals surface area (Å²) in [5.74, 6) is 0.448. The minimum Gasteiger partial charge on any atom is -0.399 e. The van der Waals surface area contributed by atoms with Crippen molar-refractivity contribution in [2.24, 2.45) is 0 Å². The van der Waals surface area contributed by atoms with Crippen LogP contribution in [-0.2, 0) is 10.0 Å². The third kappa shape index (κ3) is 4.69. The van der Waals surface area contributed by atoms with Gasteiger partial charge in [-0.2, -0.15) is 0 Å². The molecule has 102 valence electrons. The minimum absolute atomic E-state index is 0.00600. The molecule has 2 aromatic rings. The predicted molar refractivity (Wildman–Crippen MR) is 78.9 cm³/mol. The van der Waals surface area contributed by atoms with Crippen LogP contribution >= 0.6 is 23.1 Å². The highest BCUT2D eigenvalue weighted by Gasteiger charge is 2.12. The van der Waals surface area contributed by atoms with Crippen molar-refractivity contribution in [3.05, 3.63) is 29.8 Å². The van der Waals surface area contributed by atoms with Gasteiger partial charge in [0.15, 0.2) is 0 Å². The van der Waals surface area contributed by atoms with Crippen molar-refractivity contribution in [3.8, 4) is 0 Å². The maximum absolute atomic E-state index is 11.7. The number of hydrogen-bond donors (Lipinski definition) is 2. The highest BCUT2D eigenvalue weighted by Crippen LogP contribution is 2.20. The average molecular weight is 316 g/mol. The molecular weight excluding hydrogens is 304 g/mol. The van der Waals surface area contributed by atoms with Crippen LogP contribution in [0.5, 0.6) is 0 Å². The molecule has 0 amide bonds. The van der Waals surface area contributed by atoms with Gasteiger partial charge in [0.25, 0.3) is 0 Å². The third-order valence-corrected chi connectivity index (χ3v) is 5.32. The first-order chi connectivity index (χ1) is 9.05. The molecule has 9 heteroatoms. The Morgan fingerprint density at radius 1 is 1.42 bits per heavy atom. The van der Waals surface area contributed by atoms with Crippen LogP contribution in [0.1, 0.15) is 0 Å². The second kappa shape index (κ2) is 6.22. The molecule has 0 fully saturated rings. The summed E-state index contributed by atoms with van der Waals surface area (Å²) < 4.78 is 25.9. The van der Waals surface area contributed by atoms with E-state index >= 15 is 0 Å². The standard InChI is InChI=1S/C10H12N4O2S3/c11-8-2-1-3-9(6-8)17-4-5-19(15,16)14-10-13-12-7-18-10/h1-3,6-7H,4-5,11H2,(H,13,14). The van der Waals surface area contributed by atoms with E-state index in [1.807, 2.05) is 18.2 Å². The molecule has 0 bridgehead atoms. The first kappa shape index (κ1) is 14.1. The number of nitrogens with zero attached hydrogens (tertiary/aromatic N) is 2. The van der Waals surface area contributed by atoms with Gasteiger partial charge in [-0.25, -0.2) is 8.42 Å². The van der Waals surface area contributed by atoms with Gasteiger partial charge in [-0.15, -0.1) is 22.0 Å². The predicted octanol–water partition coefficient (Wildman–Crippen LogP) is 1.65. The van der Waals surface area contributed by atoms with Gasteiger partial charge in [-0.3, -0.25) is 4.72 Å². The lowest BCUT2D eigenvalue weighted by Crippen LogP contribution is -2.18. The Balaban J connectivity index is 1.85. The molecule has 6 nitrogen and oxygen atoms in total. The highest BCUT2D eigenvalue weighted by atomic mass is 32.2. The van der Waals surface area contributed by atoms with Crippen molar-refractivity contribution in [2.75, 3.05) is 22.0 Å². The third-order valence-electron chi connectivity index (χ3n) is 2.08. The van der Waals surface area contributed by atoms with E-state index in [0.717, 1.165) is 16.2 Å². The number of aromatic nitrogens is 2. The Kier molecular flexibility index (Phi) is 4.61. The van der Waals surface area contributed by atoms with Gasteiger partial charge in [-0.05, 0) is 18.2 Å². The van der Waals surface area contributed by atoms with E-state index in [0.29, 0.717) is 11.4 Å². The summed E-state index contributed by atoms with van der Waals surface area (Å²) in [6.07, 6.45) is 0. The monoisotopic (exact) mass is 316 g/mol. The van der Waals surface area contributed by atoms with E-state index in [-0.39, 0.29) is 10.9 Å². The second-order valence-electron chi connectivity index (χ2n) is 3.59. The normalized spacial score (nSPS) is 11.4. The summed E-state index contributed by atoms with van der Waals surface area (Å²) in [7, 11) is -3.38. The van der Waals surface area contributed by atoms with Crippen LogP contribution in [-0.4, -0.2) is 30.1 Å². The van der Waals surface area contributed by atoms with E-state index in [2.05, 4.69) is 14.9 Å². The van der Waals surface area contributed by atoms with E-state index in [1.54, 1.807) is 6.07 Å². The number of nitrogens with two attached hydrogens (primary N) is 1. The van der Waals surface area contributed by atoms with E-state index in [4.69, 9.17) is 5.73 Å². The van der Waals surface area contributed by atoms with Crippen molar-refractivity contribution < 1.29 is 8.42 Å². The fraction of sp³-hybridized carbons (Fsp3) is 0.200. The summed E-state index contributed by atoms with van der Waals surface area (Å²) in [6.45, 7) is 0. The molecule has 2 rings (SSSR count). The summed E-state index contributed by atoms with van der Waals surface area (Å²) in [6, 6.07) is 7.34. The molecule has 0 aliphatic carbocycles. The number of nitrogens with one attached hydrogen (secondary N) is 1. The lowest BCUT2D eigenvalue weighted by Gasteiger charge is -2.05. The lowest BCUT2D eigenvalue weighted by molar-refractivity contribution is 0.602. The molecule has 0 aliphatic rings. The molecule has 0 spiro atoms. The Labute approximate surface area is 119 Å². The minimum atomic E-state index is -3.38. The number of thioether (sulfide) groups is 1. The van der Waals surface area contributed by atoms with Crippen LogP contribution in [0, 0.1) is 0 Å². The smallest absolute Gasteiger partial charge is 0.235 e. The molecular formula is C10H12N4O2S3. The van der Waals surface area contributed by atoms with Crippen LogP contribution in [0.3, 0.4) is 0 Å². The van der Waals surface area contributed by atoms with Crippen LogP contribution in [0.2, 0.25) is 0 Å². The lowest BCUT2D eigenvalue weighted by atomic mass is 10.3. The van der Waals surface area contributed by atoms with E-state index < -0.39 is 10.0 Å². The molecule has 3 N–H and O–H groups in total. The number of nitrogen functional groups attached to an aromatic ring is 1. The fourth-order valence-corrected chi connectivity index (χ4v) is 4.39. The van der Waals surface area contributed by atoms with E-state index in [9.17, 15) is 8.42 Å². The summed E-state index contributed by atoms with van der Waals surface area (Å²) in [5, 5.41) is 7.49. The molecule has 0 atom stereocenters. The van der Waals surface area contributed by atoms with Crippen molar-refractivity contribution in [3.63, 3.8) is 0 Å². The molecule has 0 saturated heterocycles. The Morgan fingerprint density at radius 2 is 2.26 bits per heavy atom. The molecule has 0 saturated carbocycles. The van der Waals surface area contributed by atoms with Gasteiger partial charge in [0.1, 0.15) is 5.51 Å². The van der Waals surface area contributed by atoms with Gasteiger partial charge in [0.2, 0.25) is 15.2 Å².